The van der Waals surface area contributed by atoms with E-state index in [0.717, 1.165) is 0 Å². The van der Waals surface area contributed by atoms with Crippen molar-refractivity contribution in [2.45, 2.75) is 65.3 Å². The first-order valence-electron chi connectivity index (χ1n) is 10.1. The Morgan fingerprint density at radius 2 is 1.97 bits per heavy atom. The Kier molecular flexibility index (Phi) is 7.97. The van der Waals surface area contributed by atoms with E-state index >= 15 is 0 Å². The maximum atomic E-state index is 12.6. The number of hydrogen-bond donors (Lipinski definition) is 1. The van der Waals surface area contributed by atoms with Crippen LogP contribution in [0, 0.1) is 0 Å². The summed E-state index contributed by atoms with van der Waals surface area (Å²) in [5.74, 6) is -1.56. The highest BCUT2D eigenvalue weighted by Crippen LogP contribution is 2.37. The van der Waals surface area contributed by atoms with Crippen LogP contribution in [-0.4, -0.2) is 54.0 Å². The fourth-order valence-electron chi connectivity index (χ4n) is 3.52. The van der Waals surface area contributed by atoms with E-state index in [2.05, 4.69) is 6.58 Å². The SMILES string of the molecule is C=C(C)C(=O)O[C@@H]1C[C@](C)(O)C[C@@H](OC(C)=O)/C=C(\C)C=C2OC(=O)C(COCC)=C21. The number of carbonyl (C=O) groups excluding carboxylic acids is 3. The first-order valence-corrected chi connectivity index (χ1v) is 10.1. The van der Waals surface area contributed by atoms with E-state index in [4.69, 9.17) is 18.9 Å². The topological polar surface area (TPSA) is 108 Å². The average molecular weight is 434 g/mol. The lowest BCUT2D eigenvalue weighted by atomic mass is 9.86. The number of ether oxygens (including phenoxy) is 4. The van der Waals surface area contributed by atoms with Gasteiger partial charge in [-0.05, 0) is 45.4 Å². The van der Waals surface area contributed by atoms with Gasteiger partial charge in [-0.25, -0.2) is 9.59 Å². The smallest absolute Gasteiger partial charge is 0.342 e. The molecule has 0 aromatic rings. The van der Waals surface area contributed by atoms with E-state index < -0.39 is 35.7 Å². The molecule has 0 aromatic carbocycles. The summed E-state index contributed by atoms with van der Waals surface area (Å²) in [5, 5.41) is 11.1. The minimum atomic E-state index is -1.41. The molecule has 0 fully saturated rings. The van der Waals surface area contributed by atoms with Crippen molar-refractivity contribution < 1.29 is 38.4 Å². The van der Waals surface area contributed by atoms with E-state index in [0.29, 0.717) is 17.8 Å². The van der Waals surface area contributed by atoms with E-state index in [1.807, 2.05) is 0 Å². The third kappa shape index (κ3) is 6.63. The molecule has 1 N–H and O–H groups in total. The molecule has 1 aliphatic carbocycles. The van der Waals surface area contributed by atoms with Gasteiger partial charge < -0.3 is 24.1 Å². The quantitative estimate of drug-likeness (QED) is 0.386. The van der Waals surface area contributed by atoms with Gasteiger partial charge in [0.25, 0.3) is 0 Å². The number of allylic oxidation sites excluding steroid dienone is 2. The van der Waals surface area contributed by atoms with Crippen LogP contribution < -0.4 is 0 Å². The summed E-state index contributed by atoms with van der Waals surface area (Å²) in [6.07, 6.45) is 1.58. The van der Waals surface area contributed by atoms with Crippen LogP contribution in [0.15, 0.2) is 46.8 Å². The molecule has 8 heteroatoms. The molecule has 2 rings (SSSR count). The van der Waals surface area contributed by atoms with Crippen LogP contribution in [0.1, 0.15) is 47.5 Å². The zero-order valence-electron chi connectivity index (χ0n) is 18.6. The van der Waals surface area contributed by atoms with Crippen LogP contribution >= 0.6 is 0 Å². The van der Waals surface area contributed by atoms with Gasteiger partial charge in [0.1, 0.15) is 18.0 Å². The van der Waals surface area contributed by atoms with Crippen molar-refractivity contribution in [3.8, 4) is 0 Å². The molecule has 1 heterocycles. The molecule has 2 aliphatic rings. The summed E-state index contributed by atoms with van der Waals surface area (Å²) >= 11 is 0. The van der Waals surface area contributed by atoms with Crippen LogP contribution in [-0.2, 0) is 33.3 Å². The normalized spacial score (nSPS) is 28.0. The zero-order valence-corrected chi connectivity index (χ0v) is 18.6. The van der Waals surface area contributed by atoms with Crippen molar-refractivity contribution in [1.82, 2.24) is 0 Å². The van der Waals surface area contributed by atoms with Crippen LogP contribution in [0.25, 0.3) is 0 Å². The summed E-state index contributed by atoms with van der Waals surface area (Å²) in [4.78, 5) is 36.4. The molecule has 0 unspecified atom stereocenters. The summed E-state index contributed by atoms with van der Waals surface area (Å²) < 4.78 is 21.8. The molecular weight excluding hydrogens is 404 g/mol. The molecule has 3 atom stereocenters. The number of esters is 3. The summed E-state index contributed by atoms with van der Waals surface area (Å²) in [7, 11) is 0. The molecule has 0 bridgehead atoms. The molecule has 31 heavy (non-hydrogen) atoms. The number of carbonyl (C=O) groups is 3. The van der Waals surface area contributed by atoms with Gasteiger partial charge in [0, 0.05) is 37.5 Å². The Labute approximate surface area is 182 Å². The van der Waals surface area contributed by atoms with Crippen molar-refractivity contribution in [1.29, 1.82) is 0 Å². The Morgan fingerprint density at radius 1 is 1.29 bits per heavy atom. The highest BCUT2D eigenvalue weighted by molar-refractivity contribution is 5.95. The Bertz CT molecular complexity index is 859. The zero-order chi connectivity index (χ0) is 23.3. The number of fused-ring (bicyclic) bond motifs is 1. The molecule has 0 saturated carbocycles. The minimum Gasteiger partial charge on any atom is -0.458 e. The standard InChI is InChI=1S/C23H30O8/c1-7-28-12-17-20-18(30-22(17)26)9-14(4)8-16(29-15(5)24)10-23(6,27)11-19(20)31-21(25)13(2)3/h8-9,16,19,27H,2,7,10-12H2,1,3-6H3/b14-8+,18-9?/t16-,19+,23+/m0/s1. The average Bonchev–Trinajstić information content (AvgIpc) is 2.91. The predicted octanol–water partition coefficient (Wildman–Crippen LogP) is 2.67. The molecule has 0 aromatic heterocycles. The van der Waals surface area contributed by atoms with Gasteiger partial charge in [-0.2, -0.15) is 0 Å². The van der Waals surface area contributed by atoms with Crippen molar-refractivity contribution in [3.05, 3.63) is 46.8 Å². The first kappa shape index (κ1) is 24.6. The molecule has 0 saturated heterocycles. The summed E-state index contributed by atoms with van der Waals surface area (Å²) in [5.41, 5.74) is -0.00471. The number of rotatable bonds is 6. The number of aliphatic hydroxyl groups is 1. The van der Waals surface area contributed by atoms with Gasteiger partial charge >= 0.3 is 17.9 Å². The van der Waals surface area contributed by atoms with Gasteiger partial charge in [-0.15, -0.1) is 0 Å². The summed E-state index contributed by atoms with van der Waals surface area (Å²) in [6, 6.07) is 0. The molecule has 170 valence electrons. The fraction of sp³-hybridized carbons (Fsp3) is 0.522. The molecule has 1 aliphatic heterocycles. The van der Waals surface area contributed by atoms with Gasteiger partial charge in [-0.3, -0.25) is 4.79 Å². The third-order valence-electron chi connectivity index (χ3n) is 4.80. The maximum absolute atomic E-state index is 12.6. The van der Waals surface area contributed by atoms with Crippen LogP contribution in [0.2, 0.25) is 0 Å². The molecule has 0 amide bonds. The first-order chi connectivity index (χ1) is 14.4. The van der Waals surface area contributed by atoms with Crippen molar-refractivity contribution >= 4 is 17.9 Å². The molecular formula is C23H30O8. The van der Waals surface area contributed by atoms with Crippen LogP contribution in [0.5, 0.6) is 0 Å². The third-order valence-corrected chi connectivity index (χ3v) is 4.80. The van der Waals surface area contributed by atoms with Gasteiger partial charge in [0.2, 0.25) is 0 Å². The second-order valence-electron chi connectivity index (χ2n) is 8.07. The van der Waals surface area contributed by atoms with E-state index in [-0.39, 0.29) is 36.4 Å². The van der Waals surface area contributed by atoms with Crippen molar-refractivity contribution in [2.75, 3.05) is 13.2 Å². The predicted molar refractivity (Wildman–Crippen MR) is 112 cm³/mol. The second kappa shape index (κ2) is 10.1. The van der Waals surface area contributed by atoms with Crippen molar-refractivity contribution in [2.24, 2.45) is 0 Å². The van der Waals surface area contributed by atoms with Crippen LogP contribution in [0.3, 0.4) is 0 Å². The fourth-order valence-corrected chi connectivity index (χ4v) is 3.52. The Balaban J connectivity index is 2.64. The number of hydrogen-bond acceptors (Lipinski definition) is 8. The summed E-state index contributed by atoms with van der Waals surface area (Å²) in [6.45, 7) is 11.8. The molecule has 8 nitrogen and oxygen atoms in total. The van der Waals surface area contributed by atoms with Gasteiger partial charge in [0.05, 0.1) is 17.8 Å². The lowest BCUT2D eigenvalue weighted by Crippen LogP contribution is -2.38. The lowest BCUT2D eigenvalue weighted by Gasteiger charge is -2.32. The molecule has 0 radical (unpaired) electrons. The maximum Gasteiger partial charge on any atom is 0.342 e. The highest BCUT2D eigenvalue weighted by Gasteiger charge is 2.41. The highest BCUT2D eigenvalue weighted by atomic mass is 16.6. The monoisotopic (exact) mass is 434 g/mol. The van der Waals surface area contributed by atoms with Gasteiger partial charge in [0.15, 0.2) is 0 Å². The second-order valence-corrected chi connectivity index (χ2v) is 8.07. The largest absolute Gasteiger partial charge is 0.458 e. The van der Waals surface area contributed by atoms with E-state index in [1.54, 1.807) is 32.9 Å². The lowest BCUT2D eigenvalue weighted by molar-refractivity contribution is -0.148. The van der Waals surface area contributed by atoms with E-state index in [1.165, 1.54) is 13.8 Å². The minimum absolute atomic E-state index is 0.0237. The van der Waals surface area contributed by atoms with E-state index in [9.17, 15) is 19.5 Å². The van der Waals surface area contributed by atoms with Crippen LogP contribution in [0.4, 0.5) is 0 Å². The Hall–Kier alpha value is -2.71. The van der Waals surface area contributed by atoms with Gasteiger partial charge in [-0.1, -0.05) is 6.58 Å². The van der Waals surface area contributed by atoms with Crippen molar-refractivity contribution in [3.63, 3.8) is 0 Å². The molecule has 0 spiro atoms. The Morgan fingerprint density at radius 3 is 2.55 bits per heavy atom.